The molecule has 0 saturated heterocycles. The summed E-state index contributed by atoms with van der Waals surface area (Å²) in [5.41, 5.74) is 10.6. The average Bonchev–Trinajstić information content (AvgIpc) is 2.87. The van der Waals surface area contributed by atoms with E-state index < -0.39 is 5.91 Å². The summed E-state index contributed by atoms with van der Waals surface area (Å²) in [7, 11) is 1.67. The van der Waals surface area contributed by atoms with Crippen LogP contribution >= 0.6 is 0 Å². The molecule has 0 aliphatic rings. The standard InChI is InChI=1S/C30H31N5O3/c1-18-23(7-6-8-24(18)34-28(37)19-9-12-22(13-10-19)30(2,3)4)21-15-25(29(38)35(5)17-21)33-26-14-11-20(16-32-26)27(31)36/h6-17H,1-5H3,(H2,31,36)(H,32,33)(H,34,37). The number of nitrogens with zero attached hydrogens (tertiary/aromatic N) is 2. The van der Waals surface area contributed by atoms with Gasteiger partial charge in [0.1, 0.15) is 11.5 Å². The van der Waals surface area contributed by atoms with Crippen LogP contribution in [0, 0.1) is 6.92 Å². The number of carbonyl (C=O) groups is 2. The van der Waals surface area contributed by atoms with E-state index in [1.54, 1.807) is 31.4 Å². The van der Waals surface area contributed by atoms with E-state index in [4.69, 9.17) is 5.73 Å². The maximum absolute atomic E-state index is 13.0. The number of benzene rings is 2. The molecule has 8 heteroatoms. The fraction of sp³-hybridized carbons (Fsp3) is 0.200. The van der Waals surface area contributed by atoms with Gasteiger partial charge in [-0.05, 0) is 65.4 Å². The van der Waals surface area contributed by atoms with E-state index in [0.29, 0.717) is 22.8 Å². The largest absolute Gasteiger partial charge is 0.366 e. The molecule has 2 heterocycles. The molecule has 0 aliphatic carbocycles. The van der Waals surface area contributed by atoms with E-state index in [2.05, 4.69) is 36.4 Å². The maximum atomic E-state index is 13.0. The van der Waals surface area contributed by atoms with Gasteiger partial charge in [-0.25, -0.2) is 4.98 Å². The first kappa shape index (κ1) is 26.3. The minimum atomic E-state index is -0.577. The molecule has 0 atom stereocenters. The van der Waals surface area contributed by atoms with Gasteiger partial charge in [-0.1, -0.05) is 45.0 Å². The Bertz CT molecular complexity index is 1560. The molecule has 0 unspecified atom stereocenters. The van der Waals surface area contributed by atoms with Crippen LogP contribution in [-0.4, -0.2) is 21.4 Å². The molecular weight excluding hydrogens is 478 g/mol. The molecule has 0 fully saturated rings. The number of nitrogens with one attached hydrogen (secondary N) is 2. The van der Waals surface area contributed by atoms with Crippen molar-refractivity contribution in [3.05, 3.63) is 106 Å². The number of pyridine rings is 2. The lowest BCUT2D eigenvalue weighted by molar-refractivity contribution is 0.0997. The highest BCUT2D eigenvalue weighted by Crippen LogP contribution is 2.30. The molecule has 8 nitrogen and oxygen atoms in total. The smallest absolute Gasteiger partial charge is 0.274 e. The van der Waals surface area contributed by atoms with E-state index in [1.807, 2.05) is 49.4 Å². The van der Waals surface area contributed by atoms with Crippen molar-refractivity contribution in [3.8, 4) is 11.1 Å². The lowest BCUT2D eigenvalue weighted by atomic mass is 9.86. The van der Waals surface area contributed by atoms with E-state index in [1.165, 1.54) is 10.8 Å². The Morgan fingerprint density at radius 1 is 0.947 bits per heavy atom. The van der Waals surface area contributed by atoms with Crippen LogP contribution in [0.1, 0.15) is 52.6 Å². The molecule has 4 N–H and O–H groups in total. The predicted octanol–water partition coefficient (Wildman–Crippen LogP) is 5.15. The fourth-order valence-corrected chi connectivity index (χ4v) is 4.10. The summed E-state index contributed by atoms with van der Waals surface area (Å²) in [4.78, 5) is 41.3. The van der Waals surface area contributed by atoms with Crippen LogP contribution in [-0.2, 0) is 12.5 Å². The Morgan fingerprint density at radius 2 is 1.63 bits per heavy atom. The molecular formula is C30H31N5O3. The number of hydrogen-bond acceptors (Lipinski definition) is 5. The fourth-order valence-electron chi connectivity index (χ4n) is 4.10. The highest BCUT2D eigenvalue weighted by atomic mass is 16.2. The van der Waals surface area contributed by atoms with Crippen LogP contribution in [0.4, 0.5) is 17.2 Å². The number of nitrogens with two attached hydrogens (primary N) is 1. The third-order valence-electron chi connectivity index (χ3n) is 6.40. The van der Waals surface area contributed by atoms with Gasteiger partial charge >= 0.3 is 0 Å². The zero-order chi connectivity index (χ0) is 27.6. The van der Waals surface area contributed by atoms with Gasteiger partial charge in [0.15, 0.2) is 0 Å². The molecule has 38 heavy (non-hydrogen) atoms. The van der Waals surface area contributed by atoms with Gasteiger partial charge in [-0.3, -0.25) is 14.4 Å². The summed E-state index contributed by atoms with van der Waals surface area (Å²) >= 11 is 0. The zero-order valence-corrected chi connectivity index (χ0v) is 22.1. The van der Waals surface area contributed by atoms with Crippen LogP contribution in [0.25, 0.3) is 11.1 Å². The van der Waals surface area contributed by atoms with E-state index in [9.17, 15) is 14.4 Å². The van der Waals surface area contributed by atoms with Crippen LogP contribution in [0.2, 0.25) is 0 Å². The molecule has 0 aliphatic heterocycles. The molecule has 2 aromatic heterocycles. The van der Waals surface area contributed by atoms with Gasteiger partial charge in [-0.15, -0.1) is 0 Å². The lowest BCUT2D eigenvalue weighted by Gasteiger charge is -2.19. The van der Waals surface area contributed by atoms with E-state index >= 15 is 0 Å². The molecule has 2 amide bonds. The van der Waals surface area contributed by atoms with E-state index in [-0.39, 0.29) is 22.4 Å². The number of carbonyl (C=O) groups excluding carboxylic acids is 2. The Hall–Kier alpha value is -4.72. The second-order valence-electron chi connectivity index (χ2n) is 10.2. The topological polar surface area (TPSA) is 119 Å². The molecule has 0 radical (unpaired) electrons. The second kappa shape index (κ2) is 10.3. The molecule has 4 rings (SSSR count). The van der Waals surface area contributed by atoms with Crippen molar-refractivity contribution in [2.45, 2.75) is 33.1 Å². The Kier molecular flexibility index (Phi) is 7.17. The first-order chi connectivity index (χ1) is 17.9. The van der Waals surface area contributed by atoms with Crippen molar-refractivity contribution in [1.29, 1.82) is 0 Å². The highest BCUT2D eigenvalue weighted by molar-refractivity contribution is 6.05. The van der Waals surface area contributed by atoms with Crippen molar-refractivity contribution in [2.24, 2.45) is 12.8 Å². The summed E-state index contributed by atoms with van der Waals surface area (Å²) in [5.74, 6) is -0.371. The minimum Gasteiger partial charge on any atom is -0.366 e. The number of hydrogen-bond donors (Lipinski definition) is 3. The lowest BCUT2D eigenvalue weighted by Crippen LogP contribution is -2.20. The molecule has 194 valence electrons. The van der Waals surface area contributed by atoms with E-state index in [0.717, 1.165) is 22.3 Å². The van der Waals surface area contributed by atoms with Gasteiger partial charge < -0.3 is 20.9 Å². The van der Waals surface area contributed by atoms with Gasteiger partial charge in [0, 0.05) is 36.3 Å². The summed E-state index contributed by atoms with van der Waals surface area (Å²) in [6.45, 7) is 8.32. The second-order valence-corrected chi connectivity index (χ2v) is 10.2. The summed E-state index contributed by atoms with van der Waals surface area (Å²) < 4.78 is 1.48. The average molecular weight is 510 g/mol. The van der Waals surface area contributed by atoms with Crippen LogP contribution in [0.5, 0.6) is 0 Å². The van der Waals surface area contributed by atoms with Crippen molar-refractivity contribution >= 4 is 29.0 Å². The molecule has 2 aromatic carbocycles. The van der Waals surface area contributed by atoms with Crippen LogP contribution < -0.4 is 21.9 Å². The Morgan fingerprint density at radius 3 is 2.24 bits per heavy atom. The summed E-state index contributed by atoms with van der Waals surface area (Å²) in [6, 6.07) is 18.2. The Balaban J connectivity index is 1.62. The van der Waals surface area contributed by atoms with Gasteiger partial charge in [0.2, 0.25) is 5.91 Å². The summed E-state index contributed by atoms with van der Waals surface area (Å²) in [5, 5.41) is 6.04. The first-order valence-electron chi connectivity index (χ1n) is 12.2. The molecule has 0 bridgehead atoms. The van der Waals surface area contributed by atoms with Crippen molar-refractivity contribution in [1.82, 2.24) is 9.55 Å². The number of aromatic nitrogens is 2. The quantitative estimate of drug-likeness (QED) is 0.332. The third kappa shape index (κ3) is 5.64. The third-order valence-corrected chi connectivity index (χ3v) is 6.40. The zero-order valence-electron chi connectivity index (χ0n) is 22.1. The molecule has 0 spiro atoms. The number of amides is 2. The Labute approximate surface area is 221 Å². The highest BCUT2D eigenvalue weighted by Gasteiger charge is 2.16. The van der Waals surface area contributed by atoms with Crippen molar-refractivity contribution in [2.75, 3.05) is 10.6 Å². The minimum absolute atomic E-state index is 0.00639. The van der Waals surface area contributed by atoms with Crippen molar-refractivity contribution < 1.29 is 9.59 Å². The van der Waals surface area contributed by atoms with Crippen LogP contribution in [0.15, 0.2) is 77.9 Å². The molecule has 4 aromatic rings. The first-order valence-corrected chi connectivity index (χ1v) is 12.2. The van der Waals surface area contributed by atoms with Crippen molar-refractivity contribution in [3.63, 3.8) is 0 Å². The number of primary amides is 1. The normalized spacial score (nSPS) is 11.2. The van der Waals surface area contributed by atoms with Gasteiger partial charge in [-0.2, -0.15) is 0 Å². The SMILES string of the molecule is Cc1c(NC(=O)c2ccc(C(C)(C)C)cc2)cccc1-c1cc(Nc2ccc(C(N)=O)cn2)c(=O)n(C)c1. The van der Waals surface area contributed by atoms with Gasteiger partial charge in [0.25, 0.3) is 11.5 Å². The van der Waals surface area contributed by atoms with Gasteiger partial charge in [0.05, 0.1) is 5.56 Å². The van der Waals surface area contributed by atoms with Crippen LogP contribution in [0.3, 0.4) is 0 Å². The monoisotopic (exact) mass is 509 g/mol. The summed E-state index contributed by atoms with van der Waals surface area (Å²) in [6.07, 6.45) is 3.10. The molecule has 0 saturated carbocycles. The number of aryl methyl sites for hydroxylation is 1. The number of rotatable bonds is 6. The number of anilines is 3. The predicted molar refractivity (Wildman–Crippen MR) is 151 cm³/mol. The maximum Gasteiger partial charge on any atom is 0.274 e.